The van der Waals surface area contributed by atoms with Gasteiger partial charge in [-0.15, -0.1) is 0 Å². The van der Waals surface area contributed by atoms with Crippen LogP contribution in [0.3, 0.4) is 0 Å². The summed E-state index contributed by atoms with van der Waals surface area (Å²) in [6, 6.07) is 0. The zero-order valence-corrected chi connectivity index (χ0v) is 6.22. The summed E-state index contributed by atoms with van der Waals surface area (Å²) in [6.07, 6.45) is 3.59. The van der Waals surface area contributed by atoms with Crippen LogP contribution in [0.15, 0.2) is 0 Å². The standard InChI is InChI=1S/C7H15O2/c1-3-4-5-6-9-7-8-2/h7H,3-6H2,1-2H3. The minimum Gasteiger partial charge on any atom is -0.351 e. The van der Waals surface area contributed by atoms with Gasteiger partial charge in [0, 0.05) is 13.7 Å². The molecule has 0 aromatic rings. The van der Waals surface area contributed by atoms with Crippen molar-refractivity contribution < 1.29 is 9.47 Å². The van der Waals surface area contributed by atoms with E-state index in [1.807, 2.05) is 0 Å². The molecule has 2 nitrogen and oxygen atoms in total. The fraction of sp³-hybridized carbons (Fsp3) is 0.857. The van der Waals surface area contributed by atoms with E-state index in [0.29, 0.717) is 0 Å². The normalized spacial score (nSPS) is 10.0. The minimum atomic E-state index is 0.779. The molecule has 0 fully saturated rings. The first kappa shape index (κ1) is 8.92. The molecule has 0 heterocycles. The fourth-order valence-corrected chi connectivity index (χ4v) is 0.552. The summed E-state index contributed by atoms with van der Waals surface area (Å²) in [7, 11) is 1.58. The summed E-state index contributed by atoms with van der Waals surface area (Å²) in [5, 5.41) is 0. The quantitative estimate of drug-likeness (QED) is 0.513. The van der Waals surface area contributed by atoms with E-state index in [1.54, 1.807) is 7.11 Å². The summed E-state index contributed by atoms with van der Waals surface area (Å²) in [4.78, 5) is 0. The SMILES string of the molecule is CCCCCO[CH]OC. The van der Waals surface area contributed by atoms with Crippen molar-refractivity contribution in [1.82, 2.24) is 0 Å². The third kappa shape index (κ3) is 7.92. The van der Waals surface area contributed by atoms with E-state index >= 15 is 0 Å². The summed E-state index contributed by atoms with van der Waals surface area (Å²) >= 11 is 0. The van der Waals surface area contributed by atoms with Gasteiger partial charge in [-0.1, -0.05) is 19.8 Å². The van der Waals surface area contributed by atoms with Crippen LogP contribution < -0.4 is 0 Å². The Morgan fingerprint density at radius 1 is 1.33 bits per heavy atom. The minimum absolute atomic E-state index is 0.779. The molecule has 0 saturated carbocycles. The highest BCUT2D eigenvalue weighted by atomic mass is 16.7. The molecule has 9 heavy (non-hydrogen) atoms. The van der Waals surface area contributed by atoms with E-state index < -0.39 is 0 Å². The maximum Gasteiger partial charge on any atom is 0.209 e. The number of hydrogen-bond acceptors (Lipinski definition) is 2. The van der Waals surface area contributed by atoms with E-state index in [2.05, 4.69) is 11.7 Å². The topological polar surface area (TPSA) is 18.5 Å². The van der Waals surface area contributed by atoms with Gasteiger partial charge in [-0.2, -0.15) is 0 Å². The lowest BCUT2D eigenvalue weighted by Crippen LogP contribution is -1.92. The number of ether oxygens (including phenoxy) is 2. The fourth-order valence-electron chi connectivity index (χ4n) is 0.552. The van der Waals surface area contributed by atoms with Crippen LogP contribution in [0.5, 0.6) is 0 Å². The van der Waals surface area contributed by atoms with Crippen LogP contribution in [0.4, 0.5) is 0 Å². The molecule has 0 aliphatic rings. The Morgan fingerprint density at radius 2 is 2.11 bits per heavy atom. The van der Waals surface area contributed by atoms with Gasteiger partial charge < -0.3 is 9.47 Å². The zero-order chi connectivity index (χ0) is 6.95. The Kier molecular flexibility index (Phi) is 7.85. The molecule has 2 heteroatoms. The molecule has 0 aromatic carbocycles. The Hall–Kier alpha value is -0.0800. The largest absolute Gasteiger partial charge is 0.351 e. The maximum absolute atomic E-state index is 4.94. The third-order valence-corrected chi connectivity index (χ3v) is 1.03. The van der Waals surface area contributed by atoms with E-state index in [1.165, 1.54) is 19.6 Å². The van der Waals surface area contributed by atoms with Crippen molar-refractivity contribution in [2.75, 3.05) is 13.7 Å². The molecule has 0 spiro atoms. The van der Waals surface area contributed by atoms with E-state index in [4.69, 9.17) is 4.74 Å². The van der Waals surface area contributed by atoms with E-state index in [9.17, 15) is 0 Å². The molecule has 0 aromatic heterocycles. The first-order valence-electron chi connectivity index (χ1n) is 3.38. The molecule has 0 rings (SSSR count). The zero-order valence-electron chi connectivity index (χ0n) is 6.22. The van der Waals surface area contributed by atoms with Crippen LogP contribution in [-0.2, 0) is 9.47 Å². The molecular formula is C7H15O2. The molecule has 0 amide bonds. The molecule has 0 aliphatic carbocycles. The Bertz CT molecular complexity index is 40.2. The summed E-state index contributed by atoms with van der Waals surface area (Å²) in [5.41, 5.74) is 0. The van der Waals surface area contributed by atoms with Crippen molar-refractivity contribution in [2.45, 2.75) is 26.2 Å². The molecule has 55 valence electrons. The number of unbranched alkanes of at least 4 members (excludes halogenated alkanes) is 2. The number of methoxy groups -OCH3 is 1. The molecule has 0 saturated heterocycles. The Balaban J connectivity index is 2.60. The van der Waals surface area contributed by atoms with Crippen LogP contribution in [0.25, 0.3) is 0 Å². The second-order valence-corrected chi connectivity index (χ2v) is 1.91. The van der Waals surface area contributed by atoms with Crippen molar-refractivity contribution in [3.8, 4) is 0 Å². The molecule has 0 N–H and O–H groups in total. The summed E-state index contributed by atoms with van der Waals surface area (Å²) < 4.78 is 9.51. The number of rotatable bonds is 6. The summed E-state index contributed by atoms with van der Waals surface area (Å²) in [6.45, 7) is 4.32. The van der Waals surface area contributed by atoms with E-state index in [-0.39, 0.29) is 0 Å². The average Bonchev–Trinajstić information content (AvgIpc) is 1.89. The highest BCUT2D eigenvalue weighted by molar-refractivity contribution is 4.36. The molecule has 0 unspecified atom stereocenters. The predicted molar refractivity (Wildman–Crippen MR) is 36.8 cm³/mol. The van der Waals surface area contributed by atoms with Crippen LogP contribution in [0.2, 0.25) is 0 Å². The Morgan fingerprint density at radius 3 is 2.67 bits per heavy atom. The van der Waals surface area contributed by atoms with Gasteiger partial charge in [-0.3, -0.25) is 0 Å². The molecular weight excluding hydrogens is 116 g/mol. The maximum atomic E-state index is 4.94. The summed E-state index contributed by atoms with van der Waals surface area (Å²) in [5.74, 6) is 0. The van der Waals surface area contributed by atoms with Crippen LogP contribution >= 0.6 is 0 Å². The third-order valence-electron chi connectivity index (χ3n) is 1.03. The van der Waals surface area contributed by atoms with Gasteiger partial charge in [0.2, 0.25) is 6.79 Å². The van der Waals surface area contributed by atoms with Crippen molar-refractivity contribution >= 4 is 0 Å². The van der Waals surface area contributed by atoms with Gasteiger partial charge >= 0.3 is 0 Å². The highest BCUT2D eigenvalue weighted by Gasteiger charge is 1.85. The molecule has 1 radical (unpaired) electrons. The Labute approximate surface area is 57.2 Å². The second kappa shape index (κ2) is 7.92. The molecule has 0 bridgehead atoms. The van der Waals surface area contributed by atoms with E-state index in [0.717, 1.165) is 13.0 Å². The van der Waals surface area contributed by atoms with Gasteiger partial charge in [0.1, 0.15) is 0 Å². The van der Waals surface area contributed by atoms with Crippen molar-refractivity contribution in [3.05, 3.63) is 6.79 Å². The first-order chi connectivity index (χ1) is 4.41. The van der Waals surface area contributed by atoms with Crippen LogP contribution in [-0.4, -0.2) is 13.7 Å². The number of hydrogen-bond donors (Lipinski definition) is 0. The molecule has 0 atom stereocenters. The first-order valence-corrected chi connectivity index (χ1v) is 3.38. The predicted octanol–water partition coefficient (Wildman–Crippen LogP) is 1.96. The molecule has 0 aliphatic heterocycles. The van der Waals surface area contributed by atoms with Gasteiger partial charge in [0.25, 0.3) is 0 Å². The van der Waals surface area contributed by atoms with Crippen LogP contribution in [0, 0.1) is 6.79 Å². The van der Waals surface area contributed by atoms with Crippen molar-refractivity contribution in [3.63, 3.8) is 0 Å². The lowest BCUT2D eigenvalue weighted by atomic mass is 10.3. The van der Waals surface area contributed by atoms with Gasteiger partial charge in [-0.25, -0.2) is 0 Å². The smallest absolute Gasteiger partial charge is 0.209 e. The van der Waals surface area contributed by atoms with Gasteiger partial charge in [0.05, 0.1) is 0 Å². The van der Waals surface area contributed by atoms with Crippen LogP contribution in [0.1, 0.15) is 26.2 Å². The van der Waals surface area contributed by atoms with Crippen molar-refractivity contribution in [2.24, 2.45) is 0 Å². The second-order valence-electron chi connectivity index (χ2n) is 1.91. The van der Waals surface area contributed by atoms with Gasteiger partial charge in [-0.05, 0) is 6.42 Å². The van der Waals surface area contributed by atoms with Crippen molar-refractivity contribution in [1.29, 1.82) is 0 Å². The highest BCUT2D eigenvalue weighted by Crippen LogP contribution is 1.94. The van der Waals surface area contributed by atoms with Gasteiger partial charge in [0.15, 0.2) is 0 Å². The monoisotopic (exact) mass is 131 g/mol. The lowest BCUT2D eigenvalue weighted by molar-refractivity contribution is 0.0452. The average molecular weight is 131 g/mol. The lowest BCUT2D eigenvalue weighted by Gasteiger charge is -1.98.